The molecule has 0 radical (unpaired) electrons. The van der Waals surface area contributed by atoms with Crippen molar-refractivity contribution >= 4 is 34.7 Å². The Kier molecular flexibility index (Phi) is 5.56. The van der Waals surface area contributed by atoms with Gasteiger partial charge in [0.1, 0.15) is 5.70 Å². The molecule has 2 aliphatic heterocycles. The molecule has 2 aromatic carbocycles. The first kappa shape index (κ1) is 21.4. The number of piperidine rings is 1. The molecule has 0 aliphatic carbocycles. The highest BCUT2D eigenvalue weighted by Crippen LogP contribution is 2.38. The molecule has 8 heteroatoms. The van der Waals surface area contributed by atoms with E-state index >= 15 is 0 Å². The predicted octanol–water partition coefficient (Wildman–Crippen LogP) is 5.38. The summed E-state index contributed by atoms with van der Waals surface area (Å²) in [5.41, 5.74) is 0.348. The Balaban J connectivity index is 1.77. The van der Waals surface area contributed by atoms with Crippen molar-refractivity contribution in [3.8, 4) is 0 Å². The van der Waals surface area contributed by atoms with Crippen LogP contribution in [0.25, 0.3) is 5.57 Å². The van der Waals surface area contributed by atoms with Gasteiger partial charge in [-0.05, 0) is 60.7 Å². The zero-order valence-corrected chi connectivity index (χ0v) is 17.5. The standard InChI is InChI=1S/C23H20ClF3N2O2/c1-14-3-2-12-28(13-14)20-19(15-4-8-17(24)9-5-15)21(30)29(22(20)31)18-10-6-16(7-11-18)23(25,26)27/h4-11,14H,2-3,12-13H2,1H3. The van der Waals surface area contributed by atoms with Crippen molar-refractivity contribution in [3.05, 3.63) is 70.4 Å². The van der Waals surface area contributed by atoms with Crippen molar-refractivity contribution < 1.29 is 22.8 Å². The quantitative estimate of drug-likeness (QED) is 0.592. The molecule has 2 amide bonds. The molecule has 162 valence electrons. The van der Waals surface area contributed by atoms with Crippen LogP contribution in [0.2, 0.25) is 5.02 Å². The van der Waals surface area contributed by atoms with Gasteiger partial charge in [0.2, 0.25) is 0 Å². The number of alkyl halides is 3. The highest BCUT2D eigenvalue weighted by Gasteiger charge is 2.43. The Morgan fingerprint density at radius 1 is 0.968 bits per heavy atom. The van der Waals surface area contributed by atoms with Crippen LogP contribution in [-0.4, -0.2) is 29.8 Å². The summed E-state index contributed by atoms with van der Waals surface area (Å²) in [6, 6.07) is 10.7. The monoisotopic (exact) mass is 448 g/mol. The molecule has 4 rings (SSSR count). The maximum absolute atomic E-state index is 13.4. The molecule has 0 N–H and O–H groups in total. The minimum atomic E-state index is -4.50. The van der Waals surface area contributed by atoms with Crippen molar-refractivity contribution in [1.29, 1.82) is 0 Å². The molecule has 2 aliphatic rings. The Morgan fingerprint density at radius 2 is 1.61 bits per heavy atom. The predicted molar refractivity (Wildman–Crippen MR) is 112 cm³/mol. The smallest absolute Gasteiger partial charge is 0.366 e. The average molecular weight is 449 g/mol. The van der Waals surface area contributed by atoms with Gasteiger partial charge in [-0.25, -0.2) is 4.90 Å². The van der Waals surface area contributed by atoms with E-state index in [2.05, 4.69) is 6.92 Å². The second-order valence-electron chi connectivity index (χ2n) is 7.91. The third kappa shape index (κ3) is 4.06. The van der Waals surface area contributed by atoms with E-state index < -0.39 is 23.6 Å². The van der Waals surface area contributed by atoms with E-state index in [4.69, 9.17) is 11.6 Å². The van der Waals surface area contributed by atoms with Crippen molar-refractivity contribution in [3.63, 3.8) is 0 Å². The maximum Gasteiger partial charge on any atom is 0.416 e. The van der Waals surface area contributed by atoms with Crippen LogP contribution in [-0.2, 0) is 15.8 Å². The van der Waals surface area contributed by atoms with Gasteiger partial charge < -0.3 is 4.90 Å². The van der Waals surface area contributed by atoms with Crippen LogP contribution in [0.3, 0.4) is 0 Å². The Labute approximate surface area is 182 Å². The molecule has 1 atom stereocenters. The van der Waals surface area contributed by atoms with Gasteiger partial charge >= 0.3 is 6.18 Å². The number of nitrogens with zero attached hydrogens (tertiary/aromatic N) is 2. The molecule has 0 saturated carbocycles. The normalized spacial score (nSPS) is 20.1. The summed E-state index contributed by atoms with van der Waals surface area (Å²) in [6.07, 6.45) is -2.58. The van der Waals surface area contributed by atoms with Crippen molar-refractivity contribution in [2.24, 2.45) is 5.92 Å². The molecule has 0 bridgehead atoms. The average Bonchev–Trinajstić information content (AvgIpc) is 2.98. The number of imide groups is 1. The number of carbonyl (C=O) groups excluding carboxylic acids is 2. The topological polar surface area (TPSA) is 40.6 Å². The van der Waals surface area contributed by atoms with Crippen LogP contribution in [0, 0.1) is 5.92 Å². The first-order valence-electron chi connectivity index (χ1n) is 9.98. The van der Waals surface area contributed by atoms with Gasteiger partial charge in [-0.1, -0.05) is 30.7 Å². The molecule has 0 aromatic heterocycles. The molecule has 31 heavy (non-hydrogen) atoms. The summed E-state index contributed by atoms with van der Waals surface area (Å²) in [5, 5.41) is 0.494. The Bertz CT molecular complexity index is 1050. The molecule has 1 unspecified atom stereocenters. The van der Waals surface area contributed by atoms with Crippen molar-refractivity contribution in [2.45, 2.75) is 25.9 Å². The number of likely N-dealkylation sites (tertiary alicyclic amines) is 1. The van der Waals surface area contributed by atoms with Crippen LogP contribution >= 0.6 is 11.6 Å². The number of benzene rings is 2. The molecule has 1 fully saturated rings. The minimum absolute atomic E-state index is 0.106. The summed E-state index contributed by atoms with van der Waals surface area (Å²) in [6.45, 7) is 3.35. The van der Waals surface area contributed by atoms with E-state index in [1.165, 1.54) is 0 Å². The fourth-order valence-electron chi connectivity index (χ4n) is 4.11. The van der Waals surface area contributed by atoms with E-state index in [0.29, 0.717) is 35.3 Å². The van der Waals surface area contributed by atoms with E-state index in [1.54, 1.807) is 24.3 Å². The lowest BCUT2D eigenvalue weighted by atomic mass is 9.98. The van der Waals surface area contributed by atoms with Gasteiger partial charge in [0, 0.05) is 18.1 Å². The molecule has 1 saturated heterocycles. The van der Waals surface area contributed by atoms with Crippen LogP contribution in [0.5, 0.6) is 0 Å². The van der Waals surface area contributed by atoms with Crippen LogP contribution in [0.4, 0.5) is 18.9 Å². The summed E-state index contributed by atoms with van der Waals surface area (Å²) in [4.78, 5) is 29.7. The fraction of sp³-hybridized carbons (Fsp3) is 0.304. The minimum Gasteiger partial charge on any atom is -0.366 e. The first-order valence-corrected chi connectivity index (χ1v) is 10.4. The molecular weight excluding hydrogens is 429 g/mol. The Hall–Kier alpha value is -2.80. The maximum atomic E-state index is 13.4. The van der Waals surface area contributed by atoms with Gasteiger partial charge in [0.25, 0.3) is 11.8 Å². The number of anilines is 1. The van der Waals surface area contributed by atoms with E-state index in [9.17, 15) is 22.8 Å². The van der Waals surface area contributed by atoms with Crippen LogP contribution in [0.1, 0.15) is 30.9 Å². The van der Waals surface area contributed by atoms with Gasteiger partial charge in [0.05, 0.1) is 16.8 Å². The third-order valence-electron chi connectivity index (χ3n) is 5.62. The summed E-state index contributed by atoms with van der Waals surface area (Å²) < 4.78 is 38.8. The fourth-order valence-corrected chi connectivity index (χ4v) is 4.24. The van der Waals surface area contributed by atoms with Gasteiger partial charge in [0.15, 0.2) is 0 Å². The number of halogens is 4. The molecule has 2 heterocycles. The van der Waals surface area contributed by atoms with E-state index in [-0.39, 0.29) is 11.3 Å². The van der Waals surface area contributed by atoms with E-state index in [0.717, 1.165) is 42.0 Å². The SMILES string of the molecule is CC1CCCN(C2=C(c3ccc(Cl)cc3)C(=O)N(c3ccc(C(F)(F)F)cc3)C2=O)C1. The van der Waals surface area contributed by atoms with Crippen molar-refractivity contribution in [2.75, 3.05) is 18.0 Å². The number of amides is 2. The second-order valence-corrected chi connectivity index (χ2v) is 8.35. The third-order valence-corrected chi connectivity index (χ3v) is 5.87. The number of carbonyl (C=O) groups is 2. The van der Waals surface area contributed by atoms with Gasteiger partial charge in [-0.15, -0.1) is 0 Å². The summed E-state index contributed by atoms with van der Waals surface area (Å²) >= 11 is 5.98. The molecular formula is C23H20ClF3N2O2. The largest absolute Gasteiger partial charge is 0.416 e. The van der Waals surface area contributed by atoms with Crippen LogP contribution in [0.15, 0.2) is 54.2 Å². The lowest BCUT2D eigenvalue weighted by Gasteiger charge is -2.33. The molecule has 2 aromatic rings. The number of hydrogen-bond donors (Lipinski definition) is 0. The highest BCUT2D eigenvalue weighted by atomic mass is 35.5. The van der Waals surface area contributed by atoms with Crippen LogP contribution < -0.4 is 4.90 Å². The molecule has 4 nitrogen and oxygen atoms in total. The van der Waals surface area contributed by atoms with Gasteiger partial charge in [-0.3, -0.25) is 9.59 Å². The van der Waals surface area contributed by atoms with Gasteiger partial charge in [-0.2, -0.15) is 13.2 Å². The zero-order valence-electron chi connectivity index (χ0n) is 16.7. The summed E-state index contributed by atoms with van der Waals surface area (Å²) in [7, 11) is 0. The highest BCUT2D eigenvalue weighted by molar-refractivity contribution is 6.45. The second kappa shape index (κ2) is 8.04. The number of hydrogen-bond acceptors (Lipinski definition) is 3. The zero-order chi connectivity index (χ0) is 22.3. The molecule has 0 spiro atoms. The Morgan fingerprint density at radius 3 is 2.19 bits per heavy atom. The lowest BCUT2D eigenvalue weighted by molar-refractivity contribution is -0.137. The van der Waals surface area contributed by atoms with E-state index in [1.807, 2.05) is 4.90 Å². The number of rotatable bonds is 3. The lowest BCUT2D eigenvalue weighted by Crippen LogP contribution is -2.39. The van der Waals surface area contributed by atoms with Crippen molar-refractivity contribution in [1.82, 2.24) is 4.90 Å². The summed E-state index contributed by atoms with van der Waals surface area (Å²) in [5.74, 6) is -0.722. The first-order chi connectivity index (χ1) is 14.7.